The molecule has 2 heterocycles. The van der Waals surface area contributed by atoms with Gasteiger partial charge in [0.05, 0.1) is 6.04 Å². The Balaban J connectivity index is 1.83. The molecule has 1 atom stereocenters. The Morgan fingerprint density at radius 3 is 2.95 bits per heavy atom. The van der Waals surface area contributed by atoms with Crippen molar-refractivity contribution in [3.05, 3.63) is 27.8 Å². The lowest BCUT2D eigenvalue weighted by Gasteiger charge is -2.00. The number of nitrogens with one attached hydrogen (secondary N) is 1. The fraction of sp³-hybridized carbons (Fsp3) is 0.455. The summed E-state index contributed by atoms with van der Waals surface area (Å²) >= 11 is 1.38. The number of carbonyl (C=O) groups excluding carboxylic acids is 1. The van der Waals surface area contributed by atoms with E-state index < -0.39 is 0 Å². The zero-order valence-electron chi connectivity index (χ0n) is 10.7. The molecule has 2 aromatic heterocycles. The van der Waals surface area contributed by atoms with Crippen molar-refractivity contribution < 1.29 is 9.32 Å². The van der Waals surface area contributed by atoms with E-state index in [2.05, 4.69) is 20.4 Å². The lowest BCUT2D eigenvalue weighted by Crippen LogP contribution is -2.26. The molecule has 1 unspecified atom stereocenters. The van der Waals surface area contributed by atoms with Crippen molar-refractivity contribution >= 4 is 17.2 Å². The van der Waals surface area contributed by atoms with Crippen LogP contribution in [-0.4, -0.2) is 27.6 Å². The Bertz CT molecular complexity index is 563. The molecule has 0 aromatic carbocycles. The van der Waals surface area contributed by atoms with Crippen LogP contribution in [-0.2, 0) is 6.42 Å². The van der Waals surface area contributed by atoms with E-state index in [1.807, 2.05) is 6.92 Å². The lowest BCUT2D eigenvalue weighted by molar-refractivity contribution is 0.0949. The SMILES string of the molecule is Cc1noc(CCNC(=O)c2csc(C(C)N)n2)n1. The van der Waals surface area contributed by atoms with Crippen LogP contribution < -0.4 is 11.1 Å². The van der Waals surface area contributed by atoms with Gasteiger partial charge in [0.25, 0.3) is 5.91 Å². The van der Waals surface area contributed by atoms with Crippen LogP contribution in [0.5, 0.6) is 0 Å². The average molecular weight is 281 g/mol. The molecule has 0 bridgehead atoms. The van der Waals surface area contributed by atoms with Gasteiger partial charge in [-0.25, -0.2) is 4.98 Å². The van der Waals surface area contributed by atoms with Gasteiger partial charge in [0.2, 0.25) is 5.89 Å². The summed E-state index contributed by atoms with van der Waals surface area (Å²) in [7, 11) is 0. The Morgan fingerprint density at radius 1 is 1.58 bits per heavy atom. The highest BCUT2D eigenvalue weighted by molar-refractivity contribution is 7.09. The van der Waals surface area contributed by atoms with E-state index in [4.69, 9.17) is 10.3 Å². The molecule has 0 fully saturated rings. The molecule has 3 N–H and O–H groups in total. The second kappa shape index (κ2) is 5.89. The molecule has 7 nitrogen and oxygen atoms in total. The van der Waals surface area contributed by atoms with Gasteiger partial charge in [-0.15, -0.1) is 11.3 Å². The number of hydrogen-bond donors (Lipinski definition) is 2. The molecule has 19 heavy (non-hydrogen) atoms. The van der Waals surface area contributed by atoms with Gasteiger partial charge in [-0.3, -0.25) is 4.79 Å². The molecule has 8 heteroatoms. The first kappa shape index (κ1) is 13.6. The second-order valence-electron chi connectivity index (χ2n) is 4.10. The van der Waals surface area contributed by atoms with E-state index in [1.165, 1.54) is 11.3 Å². The van der Waals surface area contributed by atoms with Gasteiger partial charge in [-0.1, -0.05) is 5.16 Å². The zero-order valence-corrected chi connectivity index (χ0v) is 11.5. The molecule has 0 aliphatic rings. The first-order valence-corrected chi connectivity index (χ1v) is 6.72. The molecule has 0 aliphatic heterocycles. The molecule has 0 saturated heterocycles. The molecular formula is C11H15N5O2S. The summed E-state index contributed by atoms with van der Waals surface area (Å²) in [6.45, 7) is 4.00. The first-order valence-electron chi connectivity index (χ1n) is 5.84. The zero-order chi connectivity index (χ0) is 13.8. The number of thiazole rings is 1. The molecule has 0 saturated carbocycles. The van der Waals surface area contributed by atoms with Crippen LogP contribution in [0.1, 0.15) is 40.2 Å². The minimum Gasteiger partial charge on any atom is -0.350 e. The lowest BCUT2D eigenvalue weighted by atomic mass is 10.3. The largest absolute Gasteiger partial charge is 0.350 e. The summed E-state index contributed by atoms with van der Waals surface area (Å²) in [6.07, 6.45) is 0.497. The van der Waals surface area contributed by atoms with Crippen molar-refractivity contribution in [2.24, 2.45) is 5.73 Å². The normalized spacial score (nSPS) is 12.4. The summed E-state index contributed by atoms with van der Waals surface area (Å²) in [5.74, 6) is 0.870. The standard InChI is InChI=1S/C11H15N5O2S/c1-6(12)11-15-8(5-19-11)10(17)13-4-3-9-14-7(2)16-18-9/h5-6H,3-4,12H2,1-2H3,(H,13,17). The van der Waals surface area contributed by atoms with E-state index in [9.17, 15) is 4.79 Å². The number of aryl methyl sites for hydroxylation is 1. The van der Waals surface area contributed by atoms with E-state index in [0.717, 1.165) is 5.01 Å². The van der Waals surface area contributed by atoms with Crippen molar-refractivity contribution in [3.8, 4) is 0 Å². The highest BCUT2D eigenvalue weighted by Crippen LogP contribution is 2.15. The number of amides is 1. The van der Waals surface area contributed by atoms with Crippen molar-refractivity contribution in [2.75, 3.05) is 6.54 Å². The summed E-state index contributed by atoms with van der Waals surface area (Å²) in [5.41, 5.74) is 6.08. The molecular weight excluding hydrogens is 266 g/mol. The predicted molar refractivity (Wildman–Crippen MR) is 69.8 cm³/mol. The number of rotatable bonds is 5. The number of nitrogens with two attached hydrogens (primary N) is 1. The van der Waals surface area contributed by atoms with Crippen molar-refractivity contribution in [2.45, 2.75) is 26.3 Å². The number of aromatic nitrogens is 3. The average Bonchev–Trinajstić information content (AvgIpc) is 2.98. The van der Waals surface area contributed by atoms with Gasteiger partial charge < -0.3 is 15.6 Å². The maximum atomic E-state index is 11.8. The summed E-state index contributed by atoms with van der Waals surface area (Å²) in [4.78, 5) is 20.0. The Kier molecular flexibility index (Phi) is 4.23. The quantitative estimate of drug-likeness (QED) is 0.840. The monoisotopic (exact) mass is 281 g/mol. The molecule has 1 amide bonds. The van der Waals surface area contributed by atoms with Gasteiger partial charge >= 0.3 is 0 Å². The van der Waals surface area contributed by atoms with Crippen LogP contribution in [0.3, 0.4) is 0 Å². The Labute approximate surface area is 114 Å². The fourth-order valence-corrected chi connectivity index (χ4v) is 2.17. The van der Waals surface area contributed by atoms with Crippen LogP contribution in [0.15, 0.2) is 9.90 Å². The third kappa shape index (κ3) is 3.58. The van der Waals surface area contributed by atoms with Gasteiger partial charge in [0.1, 0.15) is 10.7 Å². The second-order valence-corrected chi connectivity index (χ2v) is 4.99. The molecule has 102 valence electrons. The predicted octanol–water partition coefficient (Wildman–Crippen LogP) is 0.827. The summed E-state index contributed by atoms with van der Waals surface area (Å²) in [5, 5.41) is 8.86. The molecule has 0 radical (unpaired) electrons. The number of nitrogens with zero attached hydrogens (tertiary/aromatic N) is 3. The molecule has 2 rings (SSSR count). The summed E-state index contributed by atoms with van der Waals surface area (Å²) < 4.78 is 4.94. The van der Waals surface area contributed by atoms with Gasteiger partial charge in [-0.05, 0) is 13.8 Å². The topological polar surface area (TPSA) is 107 Å². The molecule has 0 spiro atoms. The van der Waals surface area contributed by atoms with E-state index in [-0.39, 0.29) is 11.9 Å². The molecule has 0 aliphatic carbocycles. The highest BCUT2D eigenvalue weighted by Gasteiger charge is 2.12. The fourth-order valence-electron chi connectivity index (χ4n) is 1.42. The van der Waals surface area contributed by atoms with Crippen molar-refractivity contribution in [1.29, 1.82) is 0 Å². The van der Waals surface area contributed by atoms with Crippen LogP contribution >= 0.6 is 11.3 Å². The minimum atomic E-state index is -0.223. The van der Waals surface area contributed by atoms with Crippen LogP contribution in [0, 0.1) is 6.92 Å². The maximum Gasteiger partial charge on any atom is 0.270 e. The highest BCUT2D eigenvalue weighted by atomic mass is 32.1. The Hall–Kier alpha value is -1.80. The van der Waals surface area contributed by atoms with E-state index in [1.54, 1.807) is 12.3 Å². The van der Waals surface area contributed by atoms with E-state index in [0.29, 0.717) is 30.4 Å². The summed E-state index contributed by atoms with van der Waals surface area (Å²) in [6, 6.07) is -0.159. The maximum absolute atomic E-state index is 11.8. The van der Waals surface area contributed by atoms with Crippen molar-refractivity contribution in [1.82, 2.24) is 20.4 Å². The minimum absolute atomic E-state index is 0.159. The van der Waals surface area contributed by atoms with E-state index >= 15 is 0 Å². The van der Waals surface area contributed by atoms with Crippen LogP contribution in [0.2, 0.25) is 0 Å². The smallest absolute Gasteiger partial charge is 0.270 e. The Morgan fingerprint density at radius 2 is 2.37 bits per heavy atom. The number of carbonyl (C=O) groups is 1. The van der Waals surface area contributed by atoms with Crippen molar-refractivity contribution in [3.63, 3.8) is 0 Å². The van der Waals surface area contributed by atoms with Gasteiger partial charge in [0, 0.05) is 18.3 Å². The van der Waals surface area contributed by atoms with Crippen LogP contribution in [0.4, 0.5) is 0 Å². The number of hydrogen-bond acceptors (Lipinski definition) is 7. The van der Waals surface area contributed by atoms with Gasteiger partial charge in [0.15, 0.2) is 5.82 Å². The third-order valence-corrected chi connectivity index (χ3v) is 3.38. The first-order chi connectivity index (χ1) is 9.06. The third-order valence-electron chi connectivity index (χ3n) is 2.34. The van der Waals surface area contributed by atoms with Crippen LogP contribution in [0.25, 0.3) is 0 Å². The van der Waals surface area contributed by atoms with Gasteiger partial charge in [-0.2, -0.15) is 4.98 Å². The molecule has 2 aromatic rings.